The van der Waals surface area contributed by atoms with Crippen LogP contribution >= 0.6 is 0 Å². The number of anilines is 1. The summed E-state index contributed by atoms with van der Waals surface area (Å²) in [7, 11) is 0. The summed E-state index contributed by atoms with van der Waals surface area (Å²) in [5.41, 5.74) is 3.45. The first-order valence-corrected chi connectivity index (χ1v) is 7.80. The molecule has 0 bridgehead atoms. The van der Waals surface area contributed by atoms with Gasteiger partial charge >= 0.3 is 0 Å². The Hall–Kier alpha value is -3.47. The standard InChI is InChI=1S/C20H16N2O3/c23-20(21-18-7-4-8-19(14-18)22(24)25)13-15-9-11-17(12-10-15)16-5-2-1-3-6-16/h1-12,14H,13H2,(H,21,23). The Balaban J connectivity index is 1.65. The van der Waals surface area contributed by atoms with E-state index in [9.17, 15) is 14.9 Å². The molecule has 5 nitrogen and oxygen atoms in total. The van der Waals surface area contributed by atoms with E-state index in [2.05, 4.69) is 5.32 Å². The minimum absolute atomic E-state index is 0.0509. The minimum Gasteiger partial charge on any atom is -0.326 e. The molecule has 0 saturated heterocycles. The second-order valence-corrected chi connectivity index (χ2v) is 5.60. The SMILES string of the molecule is O=C(Cc1ccc(-c2ccccc2)cc1)Nc1cccc([N+](=O)[O-])c1. The number of rotatable bonds is 5. The molecule has 25 heavy (non-hydrogen) atoms. The zero-order valence-electron chi connectivity index (χ0n) is 13.4. The van der Waals surface area contributed by atoms with E-state index in [1.165, 1.54) is 12.1 Å². The number of carbonyl (C=O) groups excluding carboxylic acids is 1. The van der Waals surface area contributed by atoms with Gasteiger partial charge in [-0.15, -0.1) is 0 Å². The fourth-order valence-corrected chi connectivity index (χ4v) is 2.53. The van der Waals surface area contributed by atoms with Crippen LogP contribution in [0.2, 0.25) is 0 Å². The monoisotopic (exact) mass is 332 g/mol. The maximum Gasteiger partial charge on any atom is 0.271 e. The largest absolute Gasteiger partial charge is 0.326 e. The zero-order valence-corrected chi connectivity index (χ0v) is 13.4. The highest BCUT2D eigenvalue weighted by Crippen LogP contribution is 2.20. The molecular weight excluding hydrogens is 316 g/mol. The summed E-state index contributed by atoms with van der Waals surface area (Å²) in [6.07, 6.45) is 0.206. The highest BCUT2D eigenvalue weighted by molar-refractivity contribution is 5.92. The molecule has 3 rings (SSSR count). The fourth-order valence-electron chi connectivity index (χ4n) is 2.53. The molecule has 0 aliphatic carbocycles. The average molecular weight is 332 g/mol. The molecule has 1 N–H and O–H groups in total. The first kappa shape index (κ1) is 16.4. The van der Waals surface area contributed by atoms with E-state index in [-0.39, 0.29) is 18.0 Å². The fraction of sp³-hybridized carbons (Fsp3) is 0.0500. The van der Waals surface area contributed by atoms with Crippen molar-refractivity contribution < 1.29 is 9.72 Å². The molecule has 0 aromatic heterocycles. The van der Waals surface area contributed by atoms with Gasteiger partial charge in [0, 0.05) is 17.8 Å². The molecule has 5 heteroatoms. The number of nitrogens with zero attached hydrogens (tertiary/aromatic N) is 1. The molecule has 0 heterocycles. The lowest BCUT2D eigenvalue weighted by molar-refractivity contribution is -0.384. The first-order valence-electron chi connectivity index (χ1n) is 7.80. The van der Waals surface area contributed by atoms with Gasteiger partial charge in [-0.25, -0.2) is 0 Å². The molecule has 124 valence electrons. The number of hydrogen-bond donors (Lipinski definition) is 1. The minimum atomic E-state index is -0.488. The summed E-state index contributed by atoms with van der Waals surface area (Å²) >= 11 is 0. The number of benzene rings is 3. The summed E-state index contributed by atoms with van der Waals surface area (Å²) in [6, 6.07) is 23.7. The Morgan fingerprint density at radius 1 is 0.880 bits per heavy atom. The lowest BCUT2D eigenvalue weighted by atomic mass is 10.0. The second-order valence-electron chi connectivity index (χ2n) is 5.60. The summed E-state index contributed by atoms with van der Waals surface area (Å²) in [5.74, 6) is -0.215. The van der Waals surface area contributed by atoms with Crippen molar-refractivity contribution in [2.24, 2.45) is 0 Å². The number of amides is 1. The molecule has 0 atom stereocenters. The lowest BCUT2D eigenvalue weighted by Crippen LogP contribution is -2.14. The molecular formula is C20H16N2O3. The van der Waals surface area contributed by atoms with Crippen molar-refractivity contribution >= 4 is 17.3 Å². The number of hydrogen-bond acceptors (Lipinski definition) is 3. The van der Waals surface area contributed by atoms with Crippen LogP contribution in [0.1, 0.15) is 5.56 Å². The highest BCUT2D eigenvalue weighted by Gasteiger charge is 2.09. The van der Waals surface area contributed by atoms with Crippen molar-refractivity contribution in [3.63, 3.8) is 0 Å². The number of carbonyl (C=O) groups is 1. The third kappa shape index (κ3) is 4.29. The molecule has 0 spiro atoms. The van der Waals surface area contributed by atoms with Crippen molar-refractivity contribution in [1.82, 2.24) is 0 Å². The zero-order chi connectivity index (χ0) is 17.6. The van der Waals surface area contributed by atoms with Crippen LogP contribution in [-0.4, -0.2) is 10.8 Å². The summed E-state index contributed by atoms with van der Waals surface area (Å²) < 4.78 is 0. The normalized spacial score (nSPS) is 10.2. The molecule has 0 unspecified atom stereocenters. The van der Waals surface area contributed by atoms with E-state index in [4.69, 9.17) is 0 Å². The molecule has 3 aromatic rings. The van der Waals surface area contributed by atoms with Crippen LogP contribution in [0, 0.1) is 10.1 Å². The molecule has 1 amide bonds. The van der Waals surface area contributed by atoms with E-state index in [0.29, 0.717) is 5.69 Å². The Kier molecular flexibility index (Phi) is 4.85. The van der Waals surface area contributed by atoms with Gasteiger partial charge in [0.1, 0.15) is 0 Å². The first-order chi connectivity index (χ1) is 12.1. The van der Waals surface area contributed by atoms with Gasteiger partial charge in [0.25, 0.3) is 5.69 Å². The molecule has 0 aliphatic heterocycles. The van der Waals surface area contributed by atoms with Crippen LogP contribution in [0.3, 0.4) is 0 Å². The number of nitro groups is 1. The van der Waals surface area contributed by atoms with Crippen molar-refractivity contribution in [3.05, 3.63) is 94.5 Å². The molecule has 3 aromatic carbocycles. The number of non-ortho nitro benzene ring substituents is 1. The smallest absolute Gasteiger partial charge is 0.271 e. The summed E-state index contributed by atoms with van der Waals surface area (Å²) in [5, 5.41) is 13.5. The maximum atomic E-state index is 12.1. The average Bonchev–Trinajstić information content (AvgIpc) is 2.63. The second kappa shape index (κ2) is 7.40. The highest BCUT2D eigenvalue weighted by atomic mass is 16.6. The van der Waals surface area contributed by atoms with Crippen molar-refractivity contribution in [2.45, 2.75) is 6.42 Å². The Morgan fingerprint density at radius 2 is 1.56 bits per heavy atom. The third-order valence-corrected chi connectivity index (χ3v) is 3.77. The summed E-state index contributed by atoms with van der Waals surface area (Å²) in [4.78, 5) is 22.4. The van der Waals surface area contributed by atoms with Crippen molar-refractivity contribution in [2.75, 3.05) is 5.32 Å². The summed E-state index contributed by atoms with van der Waals surface area (Å²) in [6.45, 7) is 0. The van der Waals surface area contributed by atoms with Crippen LogP contribution in [0.5, 0.6) is 0 Å². The number of nitrogens with one attached hydrogen (secondary N) is 1. The number of nitro benzene ring substituents is 1. The van der Waals surface area contributed by atoms with Gasteiger partial charge in [-0.1, -0.05) is 60.7 Å². The lowest BCUT2D eigenvalue weighted by Gasteiger charge is -2.06. The van der Waals surface area contributed by atoms with Crippen LogP contribution in [0.25, 0.3) is 11.1 Å². The van der Waals surface area contributed by atoms with E-state index < -0.39 is 4.92 Å². The Bertz CT molecular complexity index is 890. The molecule has 0 radical (unpaired) electrons. The van der Waals surface area contributed by atoms with Crippen LogP contribution in [0.4, 0.5) is 11.4 Å². The van der Waals surface area contributed by atoms with E-state index in [0.717, 1.165) is 16.7 Å². The Labute approximate surface area is 145 Å². The van der Waals surface area contributed by atoms with Gasteiger partial charge in [-0.3, -0.25) is 14.9 Å². The van der Waals surface area contributed by atoms with E-state index in [1.807, 2.05) is 54.6 Å². The topological polar surface area (TPSA) is 72.2 Å². The van der Waals surface area contributed by atoms with Gasteiger partial charge < -0.3 is 5.32 Å². The van der Waals surface area contributed by atoms with Crippen LogP contribution in [-0.2, 0) is 11.2 Å². The molecule has 0 aliphatic rings. The van der Waals surface area contributed by atoms with Crippen LogP contribution in [0.15, 0.2) is 78.9 Å². The molecule has 0 saturated carbocycles. The van der Waals surface area contributed by atoms with Crippen molar-refractivity contribution in [3.8, 4) is 11.1 Å². The quantitative estimate of drug-likeness (QED) is 0.554. The van der Waals surface area contributed by atoms with E-state index >= 15 is 0 Å². The van der Waals surface area contributed by atoms with Gasteiger partial charge in [-0.05, 0) is 22.8 Å². The Morgan fingerprint density at radius 3 is 2.24 bits per heavy atom. The van der Waals surface area contributed by atoms with Gasteiger partial charge in [0.05, 0.1) is 11.3 Å². The van der Waals surface area contributed by atoms with Gasteiger partial charge in [0.15, 0.2) is 0 Å². The molecule has 0 fully saturated rings. The van der Waals surface area contributed by atoms with E-state index in [1.54, 1.807) is 12.1 Å². The van der Waals surface area contributed by atoms with Gasteiger partial charge in [0.2, 0.25) is 5.91 Å². The third-order valence-electron chi connectivity index (χ3n) is 3.77. The van der Waals surface area contributed by atoms with Gasteiger partial charge in [-0.2, -0.15) is 0 Å². The van der Waals surface area contributed by atoms with Crippen molar-refractivity contribution in [1.29, 1.82) is 0 Å². The van der Waals surface area contributed by atoms with Crippen LogP contribution < -0.4 is 5.32 Å². The maximum absolute atomic E-state index is 12.1. The predicted octanol–water partition coefficient (Wildman–Crippen LogP) is 4.44. The predicted molar refractivity (Wildman–Crippen MR) is 97.3 cm³/mol.